The van der Waals surface area contributed by atoms with Gasteiger partial charge in [0.15, 0.2) is 6.61 Å². The van der Waals surface area contributed by atoms with Crippen molar-refractivity contribution in [1.82, 2.24) is 5.32 Å². The number of carbonyl (C=O) groups excluding carboxylic acids is 2. The first kappa shape index (κ1) is 16.9. The van der Waals surface area contributed by atoms with Crippen LogP contribution in [0.15, 0.2) is 36.3 Å². The van der Waals surface area contributed by atoms with Gasteiger partial charge in [-0.25, -0.2) is 4.79 Å². The molecule has 0 unspecified atom stereocenters. The van der Waals surface area contributed by atoms with Gasteiger partial charge in [0.1, 0.15) is 19.5 Å². The molecule has 1 aliphatic heterocycles. The van der Waals surface area contributed by atoms with E-state index < -0.39 is 5.97 Å². The van der Waals surface area contributed by atoms with E-state index in [0.717, 1.165) is 12.0 Å². The van der Waals surface area contributed by atoms with E-state index in [4.69, 9.17) is 14.2 Å². The van der Waals surface area contributed by atoms with E-state index in [1.165, 1.54) is 11.8 Å². The molecule has 1 N–H and O–H groups in total. The summed E-state index contributed by atoms with van der Waals surface area (Å²) < 4.78 is 14.9. The second-order valence-electron chi connectivity index (χ2n) is 5.16. The van der Waals surface area contributed by atoms with E-state index >= 15 is 0 Å². The summed E-state index contributed by atoms with van der Waals surface area (Å²) in [7, 11) is 0. The summed E-state index contributed by atoms with van der Waals surface area (Å²) in [6, 6.07) is 7.86. The minimum atomic E-state index is -0.709. The number of hydrogen-bond donors (Lipinski definition) is 1. The summed E-state index contributed by atoms with van der Waals surface area (Å²) in [4.78, 5) is 23.5. The van der Waals surface area contributed by atoms with Crippen molar-refractivity contribution in [2.75, 3.05) is 19.8 Å². The molecule has 0 aromatic heterocycles. The quantitative estimate of drug-likeness (QED) is 0.810. The molecule has 1 aliphatic rings. The van der Waals surface area contributed by atoms with Crippen molar-refractivity contribution < 1.29 is 23.8 Å². The first-order valence-corrected chi connectivity index (χ1v) is 7.60. The Morgan fingerprint density at radius 3 is 2.61 bits per heavy atom. The van der Waals surface area contributed by atoms with Crippen molar-refractivity contribution in [3.8, 4) is 0 Å². The van der Waals surface area contributed by atoms with Crippen molar-refractivity contribution in [3.05, 3.63) is 47.4 Å². The summed E-state index contributed by atoms with van der Waals surface area (Å²) in [5.41, 5.74) is 2.23. The number of amides is 1. The van der Waals surface area contributed by atoms with Crippen LogP contribution in [0.4, 0.5) is 0 Å². The summed E-state index contributed by atoms with van der Waals surface area (Å²) in [6.45, 7) is 4.28. The summed E-state index contributed by atoms with van der Waals surface area (Å²) >= 11 is 0. The van der Waals surface area contributed by atoms with Crippen LogP contribution in [0.2, 0.25) is 0 Å². The van der Waals surface area contributed by atoms with Crippen LogP contribution in [-0.2, 0) is 30.2 Å². The van der Waals surface area contributed by atoms with Crippen LogP contribution in [0.25, 0.3) is 0 Å². The summed E-state index contributed by atoms with van der Waals surface area (Å²) in [5, 5.41) is 2.78. The molecule has 0 saturated carbocycles. The fourth-order valence-electron chi connectivity index (χ4n) is 2.09. The summed E-state index contributed by atoms with van der Waals surface area (Å²) in [6.07, 6.45) is 2.17. The van der Waals surface area contributed by atoms with Crippen LogP contribution in [0.1, 0.15) is 31.0 Å². The monoisotopic (exact) mass is 319 g/mol. The Morgan fingerprint density at radius 2 is 2.00 bits per heavy atom. The van der Waals surface area contributed by atoms with Gasteiger partial charge >= 0.3 is 5.97 Å². The third-order valence-electron chi connectivity index (χ3n) is 3.45. The maximum absolute atomic E-state index is 11.9. The van der Waals surface area contributed by atoms with Crippen molar-refractivity contribution >= 4 is 11.9 Å². The number of carbonyl (C=O) groups is 2. The Balaban J connectivity index is 1.79. The standard InChI is InChI=1S/C17H21NO5/c1-3-13-4-6-14(7-5-13)12(2)18-16(19)11-23-17(20)15-10-21-8-9-22-15/h4-7,10,12H,3,8-9,11H2,1-2H3,(H,18,19)/t12-/m0/s1. The lowest BCUT2D eigenvalue weighted by Gasteiger charge is -2.16. The molecule has 1 aromatic rings. The minimum absolute atomic E-state index is 0.0211. The molecule has 2 rings (SSSR count). The molecule has 0 fully saturated rings. The van der Waals surface area contributed by atoms with Gasteiger partial charge in [0.2, 0.25) is 5.76 Å². The van der Waals surface area contributed by atoms with Crippen LogP contribution in [0.3, 0.4) is 0 Å². The second-order valence-corrected chi connectivity index (χ2v) is 5.16. The lowest BCUT2D eigenvalue weighted by Crippen LogP contribution is -2.31. The molecule has 0 bridgehead atoms. The maximum atomic E-state index is 11.9. The van der Waals surface area contributed by atoms with Gasteiger partial charge in [0.05, 0.1) is 6.04 Å². The maximum Gasteiger partial charge on any atom is 0.377 e. The van der Waals surface area contributed by atoms with E-state index in [9.17, 15) is 9.59 Å². The normalized spacial score (nSPS) is 14.8. The number of ether oxygens (including phenoxy) is 3. The highest BCUT2D eigenvalue weighted by molar-refractivity contribution is 5.88. The first-order chi connectivity index (χ1) is 11.1. The number of rotatable bonds is 6. The van der Waals surface area contributed by atoms with Crippen molar-refractivity contribution in [2.24, 2.45) is 0 Å². The van der Waals surface area contributed by atoms with Crippen molar-refractivity contribution in [1.29, 1.82) is 0 Å². The van der Waals surface area contributed by atoms with Gasteiger partial charge in [-0.2, -0.15) is 0 Å². The second kappa shape index (κ2) is 8.22. The molecule has 0 radical (unpaired) electrons. The van der Waals surface area contributed by atoms with E-state index in [1.807, 2.05) is 31.2 Å². The van der Waals surface area contributed by atoms with E-state index in [2.05, 4.69) is 12.2 Å². The number of nitrogens with one attached hydrogen (secondary N) is 1. The number of benzene rings is 1. The largest absolute Gasteiger partial charge is 0.493 e. The molecule has 0 spiro atoms. The molecule has 6 heteroatoms. The molecule has 124 valence electrons. The van der Waals surface area contributed by atoms with Crippen molar-refractivity contribution in [3.63, 3.8) is 0 Å². The van der Waals surface area contributed by atoms with Gasteiger partial charge in [0.25, 0.3) is 5.91 Å². The molecular formula is C17H21NO5. The van der Waals surface area contributed by atoms with Crippen LogP contribution in [-0.4, -0.2) is 31.7 Å². The predicted molar refractivity (Wildman–Crippen MR) is 83.3 cm³/mol. The van der Waals surface area contributed by atoms with Gasteiger partial charge < -0.3 is 19.5 Å². The highest BCUT2D eigenvalue weighted by atomic mass is 16.6. The molecule has 0 aliphatic carbocycles. The Kier molecular flexibility index (Phi) is 6.02. The van der Waals surface area contributed by atoms with E-state index in [-0.39, 0.29) is 30.9 Å². The minimum Gasteiger partial charge on any atom is -0.493 e. The van der Waals surface area contributed by atoms with Crippen LogP contribution in [0.5, 0.6) is 0 Å². The molecular weight excluding hydrogens is 298 g/mol. The lowest BCUT2D eigenvalue weighted by molar-refractivity contribution is -0.149. The topological polar surface area (TPSA) is 73.9 Å². The van der Waals surface area contributed by atoms with Gasteiger partial charge in [0, 0.05) is 0 Å². The highest BCUT2D eigenvalue weighted by Gasteiger charge is 2.18. The fraction of sp³-hybridized carbons (Fsp3) is 0.412. The van der Waals surface area contributed by atoms with Gasteiger partial charge in [-0.15, -0.1) is 0 Å². The molecule has 6 nitrogen and oxygen atoms in total. The summed E-state index contributed by atoms with van der Waals surface area (Å²) in [5.74, 6) is -1.10. The smallest absolute Gasteiger partial charge is 0.377 e. The SMILES string of the molecule is CCc1ccc([C@H](C)NC(=O)COC(=O)C2=COCCO2)cc1. The molecule has 1 atom stereocenters. The lowest BCUT2D eigenvalue weighted by atomic mass is 10.1. The Bertz CT molecular complexity index is 579. The fourth-order valence-corrected chi connectivity index (χ4v) is 2.09. The third kappa shape index (κ3) is 5.02. The molecule has 23 heavy (non-hydrogen) atoms. The molecule has 1 heterocycles. The van der Waals surface area contributed by atoms with Crippen LogP contribution in [0, 0.1) is 0 Å². The molecule has 1 aromatic carbocycles. The van der Waals surface area contributed by atoms with Gasteiger partial charge in [-0.05, 0) is 24.5 Å². The molecule has 1 amide bonds. The van der Waals surface area contributed by atoms with Gasteiger partial charge in [-0.1, -0.05) is 31.2 Å². The van der Waals surface area contributed by atoms with Gasteiger partial charge in [-0.3, -0.25) is 4.79 Å². The average molecular weight is 319 g/mol. The zero-order chi connectivity index (χ0) is 16.7. The Labute approximate surface area is 135 Å². The number of esters is 1. The number of aryl methyl sites for hydroxylation is 1. The van der Waals surface area contributed by atoms with Crippen LogP contribution >= 0.6 is 0 Å². The Hall–Kier alpha value is -2.50. The number of hydrogen-bond acceptors (Lipinski definition) is 5. The zero-order valence-electron chi connectivity index (χ0n) is 13.3. The predicted octanol–water partition coefficient (Wildman–Crippen LogP) is 1.86. The Morgan fingerprint density at radius 1 is 1.26 bits per heavy atom. The molecule has 0 saturated heterocycles. The highest BCUT2D eigenvalue weighted by Crippen LogP contribution is 2.13. The zero-order valence-corrected chi connectivity index (χ0v) is 13.3. The van der Waals surface area contributed by atoms with E-state index in [0.29, 0.717) is 6.61 Å². The first-order valence-electron chi connectivity index (χ1n) is 7.60. The third-order valence-corrected chi connectivity index (χ3v) is 3.45. The van der Waals surface area contributed by atoms with E-state index in [1.54, 1.807) is 0 Å². The van der Waals surface area contributed by atoms with Crippen LogP contribution < -0.4 is 5.32 Å². The van der Waals surface area contributed by atoms with Crippen molar-refractivity contribution in [2.45, 2.75) is 26.3 Å². The average Bonchev–Trinajstić information content (AvgIpc) is 2.60.